The molecule has 0 aliphatic carbocycles. The molecule has 2 unspecified atom stereocenters. The number of ether oxygens (including phenoxy) is 2. The molecule has 5 rings (SSSR count). The first kappa shape index (κ1) is 18.7. The summed E-state index contributed by atoms with van der Waals surface area (Å²) in [6.07, 6.45) is 8.21. The molecule has 154 valence electrons. The zero-order valence-corrected chi connectivity index (χ0v) is 16.9. The van der Waals surface area contributed by atoms with E-state index in [0.717, 1.165) is 37.2 Å². The Morgan fingerprint density at radius 3 is 2.79 bits per heavy atom. The molecule has 6 nitrogen and oxygen atoms in total. The predicted molar refractivity (Wildman–Crippen MR) is 107 cm³/mol. The molecule has 4 aliphatic heterocycles. The first-order valence-corrected chi connectivity index (χ1v) is 10.7. The zero-order valence-electron chi connectivity index (χ0n) is 16.9. The molecular formula is C23H28N2O4. The fourth-order valence-electron chi connectivity index (χ4n) is 5.49. The van der Waals surface area contributed by atoms with Crippen molar-refractivity contribution in [2.75, 3.05) is 26.7 Å². The summed E-state index contributed by atoms with van der Waals surface area (Å²) in [7, 11) is 1.64. The second-order valence-electron chi connectivity index (χ2n) is 8.69. The van der Waals surface area contributed by atoms with Gasteiger partial charge in [-0.3, -0.25) is 9.59 Å². The van der Waals surface area contributed by atoms with E-state index < -0.39 is 11.5 Å². The number of benzene rings is 1. The van der Waals surface area contributed by atoms with E-state index in [0.29, 0.717) is 13.1 Å². The number of hydrogen-bond acceptors (Lipinski definition) is 4. The molecule has 0 N–H and O–H groups in total. The smallest absolute Gasteiger partial charge is 0.230 e. The van der Waals surface area contributed by atoms with E-state index in [1.54, 1.807) is 7.11 Å². The standard InChI is InChI=1S/C23H28N2O4/c1-28-17-8-6-7-16(13-17)14-25-15-23-10-9-18(29-23)19(20(23)22(25)27)21(26)24-11-4-2-3-5-12-24/h6-10,13,18-20H,2-5,11-12,14-15H2,1H3/t18-,19?,20?,23-/m1/s1. The lowest BCUT2D eigenvalue weighted by Gasteiger charge is -2.29. The van der Waals surface area contributed by atoms with Gasteiger partial charge in [-0.15, -0.1) is 0 Å². The van der Waals surface area contributed by atoms with Crippen LogP contribution in [0.5, 0.6) is 5.75 Å². The van der Waals surface area contributed by atoms with Gasteiger partial charge in [0.25, 0.3) is 0 Å². The van der Waals surface area contributed by atoms with Crippen LogP contribution >= 0.6 is 0 Å². The maximum Gasteiger partial charge on any atom is 0.230 e. The van der Waals surface area contributed by atoms with Gasteiger partial charge >= 0.3 is 0 Å². The molecule has 0 aromatic heterocycles. The summed E-state index contributed by atoms with van der Waals surface area (Å²) in [6.45, 7) is 2.60. The largest absolute Gasteiger partial charge is 0.497 e. The number of methoxy groups -OCH3 is 1. The van der Waals surface area contributed by atoms with Crippen LogP contribution in [-0.2, 0) is 20.9 Å². The Bertz CT molecular complexity index is 845. The minimum absolute atomic E-state index is 0.0350. The highest BCUT2D eigenvalue weighted by Gasteiger charge is 2.67. The molecule has 4 heterocycles. The van der Waals surface area contributed by atoms with Gasteiger partial charge in [0.2, 0.25) is 11.8 Å². The quantitative estimate of drug-likeness (QED) is 0.734. The van der Waals surface area contributed by atoms with E-state index in [9.17, 15) is 9.59 Å². The number of nitrogens with zero attached hydrogens (tertiary/aromatic N) is 2. The highest BCUT2D eigenvalue weighted by Crippen LogP contribution is 2.52. The van der Waals surface area contributed by atoms with Gasteiger partial charge in [0, 0.05) is 19.6 Å². The monoisotopic (exact) mass is 396 g/mol. The summed E-state index contributed by atoms with van der Waals surface area (Å²) < 4.78 is 11.6. The van der Waals surface area contributed by atoms with Crippen molar-refractivity contribution in [2.45, 2.75) is 43.9 Å². The normalized spacial score (nSPS) is 33.1. The molecule has 0 radical (unpaired) electrons. The average Bonchev–Trinajstić information content (AvgIpc) is 3.26. The van der Waals surface area contributed by atoms with E-state index in [1.807, 2.05) is 46.2 Å². The molecule has 1 aromatic rings. The summed E-state index contributed by atoms with van der Waals surface area (Å²) in [4.78, 5) is 30.6. The summed E-state index contributed by atoms with van der Waals surface area (Å²) in [5.41, 5.74) is 0.371. The van der Waals surface area contributed by atoms with Gasteiger partial charge in [-0.25, -0.2) is 0 Å². The minimum atomic E-state index is -0.646. The fraction of sp³-hybridized carbons (Fsp3) is 0.565. The molecule has 6 heteroatoms. The molecular weight excluding hydrogens is 368 g/mol. The molecule has 3 fully saturated rings. The summed E-state index contributed by atoms with van der Waals surface area (Å²) >= 11 is 0. The lowest BCUT2D eigenvalue weighted by Crippen LogP contribution is -2.46. The number of hydrogen-bond donors (Lipinski definition) is 0. The second kappa shape index (κ2) is 7.17. The SMILES string of the molecule is COc1cccc(CN2C[C@@]34C=C[C@@H](O3)C(C(=O)N3CCCCCC3)C4C2=O)c1. The van der Waals surface area contributed by atoms with Crippen molar-refractivity contribution in [2.24, 2.45) is 11.8 Å². The van der Waals surface area contributed by atoms with Crippen molar-refractivity contribution in [3.8, 4) is 5.75 Å². The lowest BCUT2D eigenvalue weighted by molar-refractivity contribution is -0.143. The van der Waals surface area contributed by atoms with Crippen molar-refractivity contribution in [3.05, 3.63) is 42.0 Å². The Balaban J connectivity index is 1.37. The Hall–Kier alpha value is -2.34. The van der Waals surface area contributed by atoms with Crippen molar-refractivity contribution in [1.82, 2.24) is 9.80 Å². The van der Waals surface area contributed by atoms with Crippen LogP contribution in [0.2, 0.25) is 0 Å². The minimum Gasteiger partial charge on any atom is -0.497 e. The third-order valence-corrected chi connectivity index (χ3v) is 6.89. The Labute approximate surface area is 171 Å². The van der Waals surface area contributed by atoms with Crippen molar-refractivity contribution >= 4 is 11.8 Å². The van der Waals surface area contributed by atoms with Crippen LogP contribution in [0, 0.1) is 11.8 Å². The maximum absolute atomic E-state index is 13.4. The topological polar surface area (TPSA) is 59.1 Å². The van der Waals surface area contributed by atoms with E-state index in [-0.39, 0.29) is 23.8 Å². The van der Waals surface area contributed by atoms with Gasteiger partial charge in [-0.1, -0.05) is 37.1 Å². The number of carbonyl (C=O) groups is 2. The van der Waals surface area contributed by atoms with Crippen LogP contribution in [-0.4, -0.2) is 60.1 Å². The first-order chi connectivity index (χ1) is 14.1. The van der Waals surface area contributed by atoms with Crippen LogP contribution < -0.4 is 4.74 Å². The molecule has 2 amide bonds. The lowest BCUT2D eigenvalue weighted by atomic mass is 9.76. The van der Waals surface area contributed by atoms with Gasteiger partial charge in [0.1, 0.15) is 11.4 Å². The Morgan fingerprint density at radius 2 is 2.03 bits per heavy atom. The van der Waals surface area contributed by atoms with Crippen LogP contribution in [0.3, 0.4) is 0 Å². The highest BCUT2D eigenvalue weighted by atomic mass is 16.5. The third kappa shape index (κ3) is 3.05. The molecule has 3 saturated heterocycles. The summed E-state index contributed by atoms with van der Waals surface area (Å²) in [5.74, 6) is 0.121. The third-order valence-electron chi connectivity index (χ3n) is 6.89. The summed E-state index contributed by atoms with van der Waals surface area (Å²) in [6, 6.07) is 7.77. The van der Waals surface area contributed by atoms with Crippen molar-refractivity contribution < 1.29 is 19.1 Å². The molecule has 4 atom stereocenters. The predicted octanol–water partition coefficient (Wildman–Crippen LogP) is 2.38. The maximum atomic E-state index is 13.4. The van der Waals surface area contributed by atoms with Gasteiger partial charge in [-0.2, -0.15) is 0 Å². The average molecular weight is 396 g/mol. The Kier molecular flexibility index (Phi) is 4.62. The number of likely N-dealkylation sites (tertiary alicyclic amines) is 2. The van der Waals surface area contributed by atoms with Crippen LogP contribution in [0.1, 0.15) is 31.2 Å². The Morgan fingerprint density at radius 1 is 1.24 bits per heavy atom. The van der Waals surface area contributed by atoms with E-state index in [1.165, 1.54) is 12.8 Å². The number of fused-ring (bicyclic) bond motifs is 1. The first-order valence-electron chi connectivity index (χ1n) is 10.7. The fourth-order valence-corrected chi connectivity index (χ4v) is 5.49. The zero-order chi connectivity index (χ0) is 20.0. The molecule has 2 bridgehead atoms. The highest BCUT2D eigenvalue weighted by molar-refractivity contribution is 5.93. The van der Waals surface area contributed by atoms with E-state index >= 15 is 0 Å². The van der Waals surface area contributed by atoms with E-state index in [4.69, 9.17) is 9.47 Å². The molecule has 1 aromatic carbocycles. The second-order valence-corrected chi connectivity index (χ2v) is 8.69. The molecule has 29 heavy (non-hydrogen) atoms. The van der Waals surface area contributed by atoms with Crippen LogP contribution in [0.15, 0.2) is 36.4 Å². The van der Waals surface area contributed by atoms with Crippen molar-refractivity contribution in [3.63, 3.8) is 0 Å². The molecule has 0 saturated carbocycles. The number of rotatable bonds is 4. The van der Waals surface area contributed by atoms with Gasteiger partial charge < -0.3 is 19.3 Å². The van der Waals surface area contributed by atoms with Crippen molar-refractivity contribution in [1.29, 1.82) is 0 Å². The van der Waals surface area contributed by atoms with Gasteiger partial charge in [0.05, 0.1) is 31.6 Å². The number of carbonyl (C=O) groups excluding carboxylic acids is 2. The van der Waals surface area contributed by atoms with E-state index in [2.05, 4.69) is 0 Å². The van der Waals surface area contributed by atoms with Crippen LogP contribution in [0.4, 0.5) is 0 Å². The van der Waals surface area contributed by atoms with Gasteiger partial charge in [-0.05, 0) is 30.5 Å². The molecule has 1 spiro atoms. The summed E-state index contributed by atoms with van der Waals surface area (Å²) in [5, 5.41) is 0. The molecule has 4 aliphatic rings. The van der Waals surface area contributed by atoms with Crippen LogP contribution in [0.25, 0.3) is 0 Å². The number of amides is 2. The van der Waals surface area contributed by atoms with Gasteiger partial charge in [0.15, 0.2) is 0 Å².